The highest BCUT2D eigenvalue weighted by molar-refractivity contribution is 7.65. The largest absolute Gasteiger partial charge is 0.458 e. The van der Waals surface area contributed by atoms with Gasteiger partial charge in [-0.2, -0.15) is 17.6 Å². The van der Waals surface area contributed by atoms with Gasteiger partial charge < -0.3 is 0 Å². The lowest BCUT2D eigenvalue weighted by atomic mass is 10.2. The highest BCUT2D eigenvalue weighted by Gasteiger charge is 2.51. The Morgan fingerprint density at radius 1 is 1.25 bits per heavy atom. The first-order chi connectivity index (χ1) is 5.31. The van der Waals surface area contributed by atoms with Crippen LogP contribution in [-0.2, 0) is 15.9 Å². The minimum atomic E-state index is -4.08. The van der Waals surface area contributed by atoms with E-state index in [4.69, 9.17) is 0 Å². The summed E-state index contributed by atoms with van der Waals surface area (Å²) in [6.45, 7) is 0. The number of hydrogen-bond donors (Lipinski definition) is 0. The highest BCUT2D eigenvalue weighted by atomic mass is 32.1. The van der Waals surface area contributed by atoms with Crippen molar-refractivity contribution in [1.29, 1.82) is 0 Å². The SMILES string of the molecule is O=[S+]CCCC(F)(F)C(F)(F)P. The fraction of sp³-hybridized carbons (Fsp3) is 1.00. The van der Waals surface area contributed by atoms with Crippen LogP contribution in [0.15, 0.2) is 0 Å². The fourth-order valence-corrected chi connectivity index (χ4v) is 0.926. The van der Waals surface area contributed by atoms with E-state index in [1.165, 1.54) is 0 Å². The summed E-state index contributed by atoms with van der Waals surface area (Å²) in [6, 6.07) is 0. The van der Waals surface area contributed by atoms with Crippen molar-refractivity contribution >= 4 is 20.9 Å². The van der Waals surface area contributed by atoms with E-state index < -0.39 is 18.0 Å². The van der Waals surface area contributed by atoms with Crippen molar-refractivity contribution in [3.8, 4) is 0 Å². The second kappa shape index (κ2) is 4.42. The Hall–Kier alpha value is 0.170. The first-order valence-corrected chi connectivity index (χ1v) is 4.59. The van der Waals surface area contributed by atoms with Crippen LogP contribution in [-0.4, -0.2) is 17.3 Å². The maximum atomic E-state index is 12.4. The number of hydrogen-bond acceptors (Lipinski definition) is 1. The zero-order valence-corrected chi connectivity index (χ0v) is 8.00. The Kier molecular flexibility index (Phi) is 4.48. The molecule has 1 nitrogen and oxygen atoms in total. The van der Waals surface area contributed by atoms with Gasteiger partial charge in [-0.1, -0.05) is 9.24 Å². The molecule has 0 aromatic heterocycles. The van der Waals surface area contributed by atoms with Crippen LogP contribution in [0, 0.1) is 0 Å². The van der Waals surface area contributed by atoms with Crippen LogP contribution in [0.1, 0.15) is 12.8 Å². The van der Waals surface area contributed by atoms with Gasteiger partial charge in [0.05, 0.1) is 0 Å². The maximum Gasteiger partial charge on any atom is 0.458 e. The molecule has 7 heteroatoms. The minimum Gasteiger partial charge on any atom is -0.200 e. The number of halogens is 4. The van der Waals surface area contributed by atoms with Crippen molar-refractivity contribution in [2.75, 3.05) is 5.75 Å². The van der Waals surface area contributed by atoms with Gasteiger partial charge in [-0.05, 0) is 0 Å². The first-order valence-electron chi connectivity index (χ1n) is 3.10. The quantitative estimate of drug-likeness (QED) is 0.302. The molecule has 0 rings (SSSR count). The summed E-state index contributed by atoms with van der Waals surface area (Å²) in [5, 5.41) is 0. The van der Waals surface area contributed by atoms with E-state index in [0.29, 0.717) is 0 Å². The van der Waals surface area contributed by atoms with Crippen molar-refractivity contribution in [2.24, 2.45) is 0 Å². The normalized spacial score (nSPS) is 13.1. The molecule has 0 aromatic carbocycles. The van der Waals surface area contributed by atoms with Gasteiger partial charge in [-0.3, -0.25) is 0 Å². The molecular weight excluding hydrogens is 215 g/mol. The van der Waals surface area contributed by atoms with Crippen LogP contribution in [0.3, 0.4) is 0 Å². The van der Waals surface area contributed by atoms with E-state index in [2.05, 4.69) is 0 Å². The third-order valence-corrected chi connectivity index (χ3v) is 2.08. The summed E-state index contributed by atoms with van der Waals surface area (Å²) in [4.78, 5) is 0. The van der Waals surface area contributed by atoms with E-state index in [0.717, 1.165) is 9.24 Å². The zero-order chi connectivity index (χ0) is 9.83. The molecule has 0 aliphatic heterocycles. The summed E-state index contributed by atoms with van der Waals surface area (Å²) in [6.07, 6.45) is -1.16. The molecule has 0 spiro atoms. The molecule has 0 saturated heterocycles. The van der Waals surface area contributed by atoms with Gasteiger partial charge >= 0.3 is 23.3 Å². The molecule has 0 aliphatic rings. The molecular formula is C5H8F4OPS+. The van der Waals surface area contributed by atoms with Crippen LogP contribution < -0.4 is 0 Å². The standard InChI is InChI=1S/C5H8F4OPS/c6-4(7,5(8,9)11)2-1-3-12-10/h1-3,11H2/q+1. The first kappa shape index (κ1) is 12.2. The molecule has 0 saturated carbocycles. The van der Waals surface area contributed by atoms with Gasteiger partial charge in [0.15, 0.2) is 0 Å². The topological polar surface area (TPSA) is 17.1 Å². The lowest BCUT2D eigenvalue weighted by Gasteiger charge is -2.21. The Balaban J connectivity index is 3.95. The van der Waals surface area contributed by atoms with Crippen molar-refractivity contribution in [1.82, 2.24) is 0 Å². The molecule has 0 aliphatic carbocycles. The Bertz CT molecular complexity index is 158. The van der Waals surface area contributed by atoms with E-state index in [9.17, 15) is 21.8 Å². The van der Waals surface area contributed by atoms with Crippen molar-refractivity contribution in [2.45, 2.75) is 24.4 Å². The van der Waals surface area contributed by atoms with Gasteiger partial charge in [0.1, 0.15) is 0 Å². The summed E-state index contributed by atoms with van der Waals surface area (Å²) < 4.78 is 58.6. The van der Waals surface area contributed by atoms with Gasteiger partial charge in [0, 0.05) is 17.1 Å². The van der Waals surface area contributed by atoms with Gasteiger partial charge in [0.2, 0.25) is 5.75 Å². The van der Waals surface area contributed by atoms with Gasteiger partial charge in [0.25, 0.3) is 0 Å². The van der Waals surface area contributed by atoms with Gasteiger partial charge in [-0.15, -0.1) is 0 Å². The molecule has 0 heterocycles. The Morgan fingerprint density at radius 2 is 1.75 bits per heavy atom. The average Bonchev–Trinajstić information content (AvgIpc) is 1.85. The molecule has 0 radical (unpaired) electrons. The molecule has 0 bridgehead atoms. The number of rotatable bonds is 5. The predicted molar refractivity (Wildman–Crippen MR) is 41.8 cm³/mol. The summed E-state index contributed by atoms with van der Waals surface area (Å²) in [5.41, 5.74) is -4.08. The molecule has 1 unspecified atom stereocenters. The predicted octanol–water partition coefficient (Wildman–Crippen LogP) is 2.30. The third-order valence-electron chi connectivity index (χ3n) is 1.21. The van der Waals surface area contributed by atoms with E-state index in [1.54, 1.807) is 0 Å². The molecule has 0 amide bonds. The lowest BCUT2D eigenvalue weighted by molar-refractivity contribution is -0.156. The molecule has 72 valence electrons. The zero-order valence-electron chi connectivity index (χ0n) is 6.03. The van der Waals surface area contributed by atoms with Crippen LogP contribution in [0.5, 0.6) is 0 Å². The monoisotopic (exact) mass is 223 g/mol. The lowest BCUT2D eigenvalue weighted by Crippen LogP contribution is -2.34. The second-order valence-electron chi connectivity index (χ2n) is 2.25. The highest BCUT2D eigenvalue weighted by Crippen LogP contribution is 2.42. The van der Waals surface area contributed by atoms with E-state index in [-0.39, 0.29) is 23.8 Å². The van der Waals surface area contributed by atoms with Crippen LogP contribution in [0.2, 0.25) is 0 Å². The molecule has 0 fully saturated rings. The minimum absolute atomic E-state index is 0.0731. The summed E-state index contributed by atoms with van der Waals surface area (Å²) >= 11 is 0.118. The van der Waals surface area contributed by atoms with Crippen LogP contribution >= 0.6 is 9.24 Å². The maximum absolute atomic E-state index is 12.4. The number of alkyl halides is 4. The molecule has 0 N–H and O–H groups in total. The van der Waals surface area contributed by atoms with Crippen molar-refractivity contribution < 1.29 is 21.8 Å². The Labute approximate surface area is 73.6 Å². The van der Waals surface area contributed by atoms with Crippen molar-refractivity contribution in [3.63, 3.8) is 0 Å². The molecule has 12 heavy (non-hydrogen) atoms. The second-order valence-corrected chi connectivity index (χ2v) is 3.62. The third kappa shape index (κ3) is 3.72. The van der Waals surface area contributed by atoms with Crippen molar-refractivity contribution in [3.05, 3.63) is 0 Å². The summed E-state index contributed by atoms with van der Waals surface area (Å²) in [7, 11) is 0.803. The smallest absolute Gasteiger partial charge is 0.200 e. The average molecular weight is 223 g/mol. The molecule has 0 aromatic rings. The van der Waals surface area contributed by atoms with E-state index in [1.807, 2.05) is 0 Å². The molecule has 1 atom stereocenters. The van der Waals surface area contributed by atoms with Crippen LogP contribution in [0.25, 0.3) is 0 Å². The Morgan fingerprint density at radius 3 is 2.08 bits per heavy atom. The fourth-order valence-electron chi connectivity index (χ4n) is 0.520. The summed E-state index contributed by atoms with van der Waals surface area (Å²) in [5.74, 6) is -4.11. The van der Waals surface area contributed by atoms with E-state index >= 15 is 0 Å². The van der Waals surface area contributed by atoms with Gasteiger partial charge in [-0.25, -0.2) is 0 Å². The van der Waals surface area contributed by atoms with Crippen LogP contribution in [0.4, 0.5) is 17.6 Å².